The van der Waals surface area contributed by atoms with Crippen molar-refractivity contribution in [3.8, 4) is 0 Å². The van der Waals surface area contributed by atoms with Gasteiger partial charge >= 0.3 is 17.8 Å². The fourth-order valence-corrected chi connectivity index (χ4v) is 3.20. The highest BCUT2D eigenvalue weighted by Gasteiger charge is 2.22. The van der Waals surface area contributed by atoms with Gasteiger partial charge in [0.05, 0.1) is 18.4 Å². The van der Waals surface area contributed by atoms with Gasteiger partial charge in [-0.05, 0) is 55.0 Å². The fraction of sp³-hybridized carbons (Fsp3) is 0.300. The summed E-state index contributed by atoms with van der Waals surface area (Å²) in [6, 6.07) is 6.62. The molecule has 0 spiro atoms. The molecule has 28 heavy (non-hydrogen) atoms. The van der Waals surface area contributed by atoms with Crippen molar-refractivity contribution >= 4 is 23.5 Å². The molecule has 0 unspecified atom stereocenters. The molecule has 1 aliphatic carbocycles. The van der Waals surface area contributed by atoms with Crippen LogP contribution in [0.5, 0.6) is 0 Å². The maximum absolute atomic E-state index is 12.3. The Morgan fingerprint density at radius 2 is 1.82 bits per heavy atom. The zero-order chi connectivity index (χ0) is 20.1. The highest BCUT2D eigenvalue weighted by atomic mass is 16.5. The molecule has 1 aromatic carbocycles. The van der Waals surface area contributed by atoms with E-state index >= 15 is 0 Å². The molecule has 0 radical (unpaired) electrons. The first-order valence-corrected chi connectivity index (χ1v) is 8.99. The van der Waals surface area contributed by atoms with Crippen molar-refractivity contribution in [2.24, 2.45) is 0 Å². The minimum Gasteiger partial charge on any atom is -0.465 e. The van der Waals surface area contributed by atoms with Crippen LogP contribution in [0.1, 0.15) is 39.9 Å². The lowest BCUT2D eigenvalue weighted by atomic mass is 9.89. The molecule has 3 N–H and O–H groups in total. The van der Waals surface area contributed by atoms with Crippen LogP contribution >= 0.6 is 0 Å². The van der Waals surface area contributed by atoms with Gasteiger partial charge in [0.25, 0.3) is 5.56 Å². The number of H-pyrrole nitrogens is 1. The lowest BCUT2D eigenvalue weighted by Gasteiger charge is -2.19. The van der Waals surface area contributed by atoms with E-state index in [0.29, 0.717) is 5.56 Å². The van der Waals surface area contributed by atoms with Crippen LogP contribution < -0.4 is 16.2 Å². The first-order valence-electron chi connectivity index (χ1n) is 8.99. The summed E-state index contributed by atoms with van der Waals surface area (Å²) < 4.78 is 4.80. The average molecular weight is 383 g/mol. The standard InChI is InChI=1S/C20H21N3O5/c1-28-20(27)15-9-12-5-2-3-6-13(12)10-16(15)23-19(26)18(25)22-11-14-7-4-8-21-17(14)24/h4,7-10H,2-3,5-6,11H2,1H3,(H,21,24)(H,22,25)(H,23,26). The lowest BCUT2D eigenvalue weighted by Crippen LogP contribution is -2.36. The molecule has 0 aliphatic heterocycles. The summed E-state index contributed by atoms with van der Waals surface area (Å²) in [6.45, 7) is -0.0868. The lowest BCUT2D eigenvalue weighted by molar-refractivity contribution is -0.136. The van der Waals surface area contributed by atoms with E-state index in [1.165, 1.54) is 13.3 Å². The molecule has 0 saturated heterocycles. The fourth-order valence-electron chi connectivity index (χ4n) is 3.20. The van der Waals surface area contributed by atoms with Gasteiger partial charge in [-0.1, -0.05) is 6.07 Å². The number of aromatic nitrogens is 1. The molecule has 8 heteroatoms. The molecule has 1 aliphatic rings. The SMILES string of the molecule is COC(=O)c1cc2c(cc1NC(=O)C(=O)NCc1ccc[nH]c1=O)CCCC2. The molecule has 0 bridgehead atoms. The normalized spacial score (nSPS) is 12.6. The summed E-state index contributed by atoms with van der Waals surface area (Å²) in [7, 11) is 1.26. The van der Waals surface area contributed by atoms with E-state index < -0.39 is 17.8 Å². The van der Waals surface area contributed by atoms with E-state index in [-0.39, 0.29) is 23.4 Å². The Labute approximate surface area is 161 Å². The maximum Gasteiger partial charge on any atom is 0.339 e. The van der Waals surface area contributed by atoms with E-state index in [1.54, 1.807) is 24.3 Å². The second-order valence-corrected chi connectivity index (χ2v) is 6.53. The van der Waals surface area contributed by atoms with Gasteiger partial charge in [-0.3, -0.25) is 14.4 Å². The van der Waals surface area contributed by atoms with E-state index in [0.717, 1.165) is 36.8 Å². The van der Waals surface area contributed by atoms with Crippen molar-refractivity contribution in [1.29, 1.82) is 0 Å². The van der Waals surface area contributed by atoms with E-state index in [9.17, 15) is 19.2 Å². The first kappa shape index (κ1) is 19.3. The van der Waals surface area contributed by atoms with Gasteiger partial charge in [0.2, 0.25) is 0 Å². The van der Waals surface area contributed by atoms with Crippen LogP contribution in [0.15, 0.2) is 35.3 Å². The summed E-state index contributed by atoms with van der Waals surface area (Å²) in [6.07, 6.45) is 5.26. The van der Waals surface area contributed by atoms with Gasteiger partial charge in [-0.2, -0.15) is 0 Å². The molecule has 0 atom stereocenters. The largest absolute Gasteiger partial charge is 0.465 e. The number of pyridine rings is 1. The minimum atomic E-state index is -0.923. The number of amides is 2. The number of esters is 1. The molecule has 146 valence electrons. The molecule has 1 aromatic heterocycles. The molecule has 1 heterocycles. The van der Waals surface area contributed by atoms with Crippen molar-refractivity contribution in [2.75, 3.05) is 12.4 Å². The number of nitrogens with one attached hydrogen (secondary N) is 3. The zero-order valence-corrected chi connectivity index (χ0v) is 15.5. The number of fused-ring (bicyclic) bond motifs is 1. The van der Waals surface area contributed by atoms with Crippen molar-refractivity contribution in [3.63, 3.8) is 0 Å². The summed E-state index contributed by atoms with van der Waals surface area (Å²) in [5, 5.41) is 4.89. The van der Waals surface area contributed by atoms with Gasteiger partial charge in [0.15, 0.2) is 0 Å². The first-order chi connectivity index (χ1) is 13.5. The van der Waals surface area contributed by atoms with Gasteiger partial charge in [0.1, 0.15) is 0 Å². The van der Waals surface area contributed by atoms with Gasteiger partial charge in [0, 0.05) is 18.3 Å². The van der Waals surface area contributed by atoms with Crippen LogP contribution in [-0.2, 0) is 33.7 Å². The van der Waals surface area contributed by atoms with Gasteiger partial charge in [-0.15, -0.1) is 0 Å². The smallest absolute Gasteiger partial charge is 0.339 e. The zero-order valence-electron chi connectivity index (χ0n) is 15.5. The van der Waals surface area contributed by atoms with Crippen molar-refractivity contribution in [2.45, 2.75) is 32.2 Å². The van der Waals surface area contributed by atoms with Crippen LogP contribution in [0, 0.1) is 0 Å². The van der Waals surface area contributed by atoms with Gasteiger partial charge < -0.3 is 20.4 Å². The summed E-state index contributed by atoms with van der Waals surface area (Å²) in [5.41, 5.74) is 2.54. The molecular weight excluding hydrogens is 362 g/mol. The Morgan fingerprint density at radius 1 is 1.11 bits per heavy atom. The Balaban J connectivity index is 1.75. The Morgan fingerprint density at radius 3 is 2.50 bits per heavy atom. The Hall–Kier alpha value is -3.42. The number of rotatable bonds is 4. The predicted octanol–water partition coefficient (Wildman–Crippen LogP) is 1.30. The molecule has 0 saturated carbocycles. The van der Waals surface area contributed by atoms with Crippen LogP contribution in [0.3, 0.4) is 0 Å². The van der Waals surface area contributed by atoms with Crippen molar-refractivity contribution < 1.29 is 19.1 Å². The Bertz CT molecular complexity index is 980. The molecule has 2 aromatic rings. The third-order valence-electron chi connectivity index (χ3n) is 4.68. The molecule has 0 fully saturated rings. The predicted molar refractivity (Wildman–Crippen MR) is 102 cm³/mol. The molecule has 2 amide bonds. The van der Waals surface area contributed by atoms with E-state index in [4.69, 9.17) is 4.74 Å². The number of hydrogen-bond donors (Lipinski definition) is 3. The third kappa shape index (κ3) is 4.28. The number of aryl methyl sites for hydroxylation is 2. The molecular formula is C20H21N3O5. The number of carbonyl (C=O) groups excluding carboxylic acids is 3. The number of benzene rings is 1. The monoisotopic (exact) mass is 383 g/mol. The number of ether oxygens (including phenoxy) is 1. The topological polar surface area (TPSA) is 117 Å². The average Bonchev–Trinajstić information content (AvgIpc) is 2.71. The van der Waals surface area contributed by atoms with Crippen molar-refractivity contribution in [3.05, 3.63) is 63.1 Å². The number of aromatic amines is 1. The van der Waals surface area contributed by atoms with E-state index in [2.05, 4.69) is 15.6 Å². The van der Waals surface area contributed by atoms with Gasteiger partial charge in [-0.25, -0.2) is 4.79 Å². The third-order valence-corrected chi connectivity index (χ3v) is 4.68. The maximum atomic E-state index is 12.3. The Kier molecular flexibility index (Phi) is 5.88. The minimum absolute atomic E-state index is 0.0868. The second kappa shape index (κ2) is 8.51. The number of hydrogen-bond acceptors (Lipinski definition) is 5. The van der Waals surface area contributed by atoms with E-state index in [1.807, 2.05) is 0 Å². The summed E-state index contributed by atoms with van der Waals surface area (Å²) in [5.74, 6) is -2.41. The summed E-state index contributed by atoms with van der Waals surface area (Å²) >= 11 is 0. The van der Waals surface area contributed by atoms with Crippen LogP contribution in [0.4, 0.5) is 5.69 Å². The second-order valence-electron chi connectivity index (χ2n) is 6.53. The number of methoxy groups -OCH3 is 1. The highest BCUT2D eigenvalue weighted by molar-refractivity contribution is 6.40. The van der Waals surface area contributed by atoms with Crippen LogP contribution in [-0.4, -0.2) is 29.9 Å². The van der Waals surface area contributed by atoms with Crippen LogP contribution in [0.2, 0.25) is 0 Å². The van der Waals surface area contributed by atoms with Crippen molar-refractivity contribution in [1.82, 2.24) is 10.3 Å². The summed E-state index contributed by atoms with van der Waals surface area (Å²) in [4.78, 5) is 50.6. The number of carbonyl (C=O) groups is 3. The molecule has 8 nitrogen and oxygen atoms in total. The quantitative estimate of drug-likeness (QED) is 0.543. The van der Waals surface area contributed by atoms with Crippen LogP contribution in [0.25, 0.3) is 0 Å². The number of anilines is 1. The molecule has 3 rings (SSSR count). The highest BCUT2D eigenvalue weighted by Crippen LogP contribution is 2.28.